The van der Waals surface area contributed by atoms with Gasteiger partial charge in [0.1, 0.15) is 0 Å². The third kappa shape index (κ3) is 3.63. The van der Waals surface area contributed by atoms with Crippen molar-refractivity contribution < 1.29 is 4.79 Å². The fourth-order valence-corrected chi connectivity index (χ4v) is 4.01. The highest BCUT2D eigenvalue weighted by Gasteiger charge is 2.10. The molecule has 26 heavy (non-hydrogen) atoms. The van der Waals surface area contributed by atoms with Crippen LogP contribution in [0.15, 0.2) is 35.3 Å². The predicted octanol–water partition coefficient (Wildman–Crippen LogP) is 4.24. The number of hydrogen-bond donors (Lipinski definition) is 0. The van der Waals surface area contributed by atoms with E-state index in [9.17, 15) is 4.79 Å². The van der Waals surface area contributed by atoms with Crippen molar-refractivity contribution in [3.63, 3.8) is 0 Å². The Labute approximate surface area is 158 Å². The molecule has 0 bridgehead atoms. The maximum absolute atomic E-state index is 12.5. The molecule has 0 fully saturated rings. The molecule has 0 aliphatic carbocycles. The number of carbonyl (C=O) groups is 1. The van der Waals surface area contributed by atoms with Crippen molar-refractivity contribution in [1.29, 1.82) is 0 Å². The van der Waals surface area contributed by atoms with Crippen LogP contribution < -0.4 is 4.80 Å². The molecule has 4 heteroatoms. The number of aromatic nitrogens is 1. The van der Waals surface area contributed by atoms with E-state index in [2.05, 4.69) is 56.8 Å². The standard InChI is InChI=1S/C22H22N2OS/c1-6-9-24-19-11-16(4)17(5)12-20(19)26-22(24)23-21(25)13-18-8-7-14(2)15(3)10-18/h1,7-8,10-12H,9,13H2,2-5H3. The monoisotopic (exact) mass is 362 g/mol. The minimum atomic E-state index is -0.154. The number of aryl methyl sites for hydroxylation is 4. The Morgan fingerprint density at radius 2 is 1.77 bits per heavy atom. The summed E-state index contributed by atoms with van der Waals surface area (Å²) in [5, 5.41) is 0. The summed E-state index contributed by atoms with van der Waals surface area (Å²) in [4.78, 5) is 17.6. The number of rotatable bonds is 3. The number of nitrogens with zero attached hydrogens (tertiary/aromatic N) is 2. The topological polar surface area (TPSA) is 34.4 Å². The van der Waals surface area contributed by atoms with Gasteiger partial charge in [0.25, 0.3) is 5.91 Å². The molecule has 3 rings (SSSR count). The molecule has 0 unspecified atom stereocenters. The molecule has 132 valence electrons. The maximum atomic E-state index is 12.5. The lowest BCUT2D eigenvalue weighted by molar-refractivity contribution is -0.117. The third-order valence-corrected chi connectivity index (χ3v) is 5.74. The van der Waals surface area contributed by atoms with Crippen LogP contribution in [0.5, 0.6) is 0 Å². The molecule has 0 spiro atoms. The first kappa shape index (κ1) is 18.2. The molecule has 3 nitrogen and oxygen atoms in total. The second-order valence-corrected chi connectivity index (χ2v) is 7.69. The molecule has 0 saturated heterocycles. The third-order valence-electron chi connectivity index (χ3n) is 4.69. The highest BCUT2D eigenvalue weighted by molar-refractivity contribution is 7.16. The van der Waals surface area contributed by atoms with E-state index in [-0.39, 0.29) is 5.91 Å². The molecule has 0 radical (unpaired) electrons. The number of hydrogen-bond acceptors (Lipinski definition) is 2. The number of terminal acetylenes is 1. The first-order valence-corrected chi connectivity index (χ1v) is 9.38. The van der Waals surface area contributed by atoms with Crippen molar-refractivity contribution in [3.05, 3.63) is 63.0 Å². The lowest BCUT2D eigenvalue weighted by Gasteiger charge is -2.04. The number of thiazole rings is 1. The van der Waals surface area contributed by atoms with Gasteiger partial charge in [-0.2, -0.15) is 4.99 Å². The average Bonchev–Trinajstić information content (AvgIpc) is 2.88. The molecule has 0 aliphatic heterocycles. The van der Waals surface area contributed by atoms with E-state index in [1.165, 1.54) is 33.6 Å². The van der Waals surface area contributed by atoms with E-state index in [1.54, 1.807) is 0 Å². The van der Waals surface area contributed by atoms with Crippen molar-refractivity contribution >= 4 is 27.5 Å². The van der Waals surface area contributed by atoms with Gasteiger partial charge in [-0.05, 0) is 67.6 Å². The summed E-state index contributed by atoms with van der Waals surface area (Å²) in [6.07, 6.45) is 5.84. The number of fused-ring (bicyclic) bond motifs is 1. The number of benzene rings is 2. The molecule has 1 heterocycles. The van der Waals surface area contributed by atoms with Crippen LogP contribution >= 0.6 is 11.3 Å². The number of carbonyl (C=O) groups excluding carboxylic acids is 1. The Bertz CT molecular complexity index is 1110. The van der Waals surface area contributed by atoms with Crippen molar-refractivity contribution in [2.24, 2.45) is 4.99 Å². The molecule has 1 aromatic heterocycles. The molecule has 3 aromatic rings. The lowest BCUT2D eigenvalue weighted by Crippen LogP contribution is -2.17. The van der Waals surface area contributed by atoms with E-state index >= 15 is 0 Å². The van der Waals surface area contributed by atoms with Gasteiger partial charge in [0.2, 0.25) is 0 Å². The average molecular weight is 362 g/mol. The van der Waals surface area contributed by atoms with Gasteiger partial charge in [-0.15, -0.1) is 6.42 Å². The van der Waals surface area contributed by atoms with Crippen molar-refractivity contribution in [3.8, 4) is 12.3 Å². The van der Waals surface area contributed by atoms with Crippen LogP contribution in [0, 0.1) is 40.0 Å². The normalized spacial score (nSPS) is 11.7. The fourth-order valence-electron chi connectivity index (χ4n) is 2.89. The number of amides is 1. The summed E-state index contributed by atoms with van der Waals surface area (Å²) in [6.45, 7) is 8.68. The van der Waals surface area contributed by atoms with Crippen LogP contribution in [-0.2, 0) is 17.8 Å². The Morgan fingerprint density at radius 3 is 2.46 bits per heavy atom. The molecular weight excluding hydrogens is 340 g/mol. The Balaban J connectivity index is 2.02. The summed E-state index contributed by atoms with van der Waals surface area (Å²) >= 11 is 1.51. The molecular formula is C22H22N2OS. The van der Waals surface area contributed by atoms with Crippen molar-refractivity contribution in [2.45, 2.75) is 40.7 Å². The van der Waals surface area contributed by atoms with E-state index in [4.69, 9.17) is 6.42 Å². The molecule has 0 atom stereocenters. The van der Waals surface area contributed by atoms with Gasteiger partial charge in [0.15, 0.2) is 4.80 Å². The lowest BCUT2D eigenvalue weighted by atomic mass is 10.0. The first-order chi connectivity index (χ1) is 12.4. The SMILES string of the molecule is C#CCn1c(=NC(=O)Cc2ccc(C)c(C)c2)sc2cc(C)c(C)cc21. The molecule has 2 aromatic carbocycles. The van der Waals surface area contributed by atoms with E-state index in [0.717, 1.165) is 15.8 Å². The summed E-state index contributed by atoms with van der Waals surface area (Å²) in [5.41, 5.74) is 6.85. The smallest absolute Gasteiger partial charge is 0.252 e. The zero-order valence-electron chi connectivity index (χ0n) is 15.6. The Morgan fingerprint density at radius 1 is 1.08 bits per heavy atom. The fraction of sp³-hybridized carbons (Fsp3) is 0.273. The van der Waals surface area contributed by atoms with Gasteiger partial charge in [-0.1, -0.05) is 35.5 Å². The predicted molar refractivity (Wildman–Crippen MR) is 108 cm³/mol. The van der Waals surface area contributed by atoms with Crippen LogP contribution in [-0.4, -0.2) is 10.5 Å². The molecule has 0 N–H and O–H groups in total. The highest BCUT2D eigenvalue weighted by atomic mass is 32.1. The van der Waals surface area contributed by atoms with Gasteiger partial charge in [0, 0.05) is 0 Å². The Kier molecular flexibility index (Phi) is 5.11. The van der Waals surface area contributed by atoms with Gasteiger partial charge in [-0.3, -0.25) is 4.79 Å². The zero-order valence-corrected chi connectivity index (χ0v) is 16.4. The first-order valence-electron chi connectivity index (χ1n) is 8.57. The van der Waals surface area contributed by atoms with Crippen LogP contribution in [0.4, 0.5) is 0 Å². The van der Waals surface area contributed by atoms with E-state index in [1.807, 2.05) is 16.7 Å². The van der Waals surface area contributed by atoms with Crippen LogP contribution in [0.2, 0.25) is 0 Å². The highest BCUT2D eigenvalue weighted by Crippen LogP contribution is 2.22. The largest absolute Gasteiger partial charge is 0.305 e. The summed E-state index contributed by atoms with van der Waals surface area (Å²) in [7, 11) is 0. The summed E-state index contributed by atoms with van der Waals surface area (Å²) in [5.74, 6) is 2.52. The van der Waals surface area contributed by atoms with Crippen LogP contribution in [0.1, 0.15) is 27.8 Å². The second kappa shape index (κ2) is 7.31. The zero-order chi connectivity index (χ0) is 18.8. The van der Waals surface area contributed by atoms with Crippen LogP contribution in [0.25, 0.3) is 10.2 Å². The molecule has 0 saturated carbocycles. The quantitative estimate of drug-likeness (QED) is 0.642. The van der Waals surface area contributed by atoms with Gasteiger partial charge >= 0.3 is 0 Å². The van der Waals surface area contributed by atoms with Crippen molar-refractivity contribution in [2.75, 3.05) is 0 Å². The van der Waals surface area contributed by atoms with Gasteiger partial charge in [0.05, 0.1) is 23.2 Å². The maximum Gasteiger partial charge on any atom is 0.252 e. The minimum Gasteiger partial charge on any atom is -0.305 e. The van der Waals surface area contributed by atoms with Crippen molar-refractivity contribution in [1.82, 2.24) is 4.57 Å². The summed E-state index contributed by atoms with van der Waals surface area (Å²) in [6, 6.07) is 10.3. The van der Waals surface area contributed by atoms with Crippen LogP contribution in [0.3, 0.4) is 0 Å². The summed E-state index contributed by atoms with van der Waals surface area (Å²) < 4.78 is 3.05. The van der Waals surface area contributed by atoms with Gasteiger partial charge < -0.3 is 4.57 Å². The minimum absolute atomic E-state index is 0.154. The molecule has 0 aliphatic rings. The van der Waals surface area contributed by atoms with Gasteiger partial charge in [-0.25, -0.2) is 0 Å². The molecule has 1 amide bonds. The van der Waals surface area contributed by atoms with E-state index < -0.39 is 0 Å². The van der Waals surface area contributed by atoms with E-state index in [0.29, 0.717) is 17.8 Å². The second-order valence-electron chi connectivity index (χ2n) is 6.68. The Hall–Kier alpha value is -2.64.